The molecule has 0 radical (unpaired) electrons. The minimum absolute atomic E-state index is 0.0487. The molecule has 4 nitrogen and oxygen atoms in total. The van der Waals surface area contributed by atoms with Crippen LogP contribution in [0, 0.1) is 11.8 Å². The van der Waals surface area contributed by atoms with E-state index in [1.807, 2.05) is 20.8 Å². The Hall–Kier alpha value is -0.680. The van der Waals surface area contributed by atoms with Crippen LogP contribution in [-0.2, 0) is 9.53 Å². The van der Waals surface area contributed by atoms with E-state index in [2.05, 4.69) is 5.32 Å². The maximum Gasteiger partial charge on any atom is 0.230 e. The predicted molar refractivity (Wildman–Crippen MR) is 71.7 cm³/mol. The molecule has 3 N–H and O–H groups in total. The first kappa shape index (κ1) is 14.4. The third kappa shape index (κ3) is 3.92. The van der Waals surface area contributed by atoms with Gasteiger partial charge in [-0.1, -0.05) is 26.1 Å². The highest BCUT2D eigenvalue weighted by atomic mass is 32.1. The van der Waals surface area contributed by atoms with E-state index in [0.29, 0.717) is 6.10 Å². The van der Waals surface area contributed by atoms with Gasteiger partial charge in [0.2, 0.25) is 5.91 Å². The molecule has 1 aliphatic carbocycles. The number of hydrogen-bond donors (Lipinski definition) is 2. The van der Waals surface area contributed by atoms with Gasteiger partial charge in [-0.05, 0) is 25.7 Å². The zero-order valence-corrected chi connectivity index (χ0v) is 11.5. The maximum absolute atomic E-state index is 12.0. The topological polar surface area (TPSA) is 64.3 Å². The van der Waals surface area contributed by atoms with Gasteiger partial charge in [0.05, 0.1) is 17.0 Å². The Balaban J connectivity index is 2.37. The van der Waals surface area contributed by atoms with Crippen molar-refractivity contribution in [2.75, 3.05) is 6.61 Å². The lowest BCUT2D eigenvalue weighted by Crippen LogP contribution is -2.51. The van der Waals surface area contributed by atoms with Crippen molar-refractivity contribution in [3.8, 4) is 0 Å². The van der Waals surface area contributed by atoms with E-state index in [9.17, 15) is 4.79 Å². The number of nitrogens with two attached hydrogens (primary N) is 1. The summed E-state index contributed by atoms with van der Waals surface area (Å²) in [6.45, 7) is 6.61. The number of nitrogens with one attached hydrogen (secondary N) is 1. The zero-order valence-electron chi connectivity index (χ0n) is 10.7. The van der Waals surface area contributed by atoms with Crippen LogP contribution in [0.15, 0.2) is 0 Å². The molecule has 0 saturated heterocycles. The monoisotopic (exact) mass is 258 g/mol. The molecule has 1 amide bonds. The van der Waals surface area contributed by atoms with Crippen LogP contribution in [0.3, 0.4) is 0 Å². The largest absolute Gasteiger partial charge is 0.393 e. The van der Waals surface area contributed by atoms with E-state index in [4.69, 9.17) is 22.7 Å². The first-order valence-electron chi connectivity index (χ1n) is 6.17. The quantitative estimate of drug-likeness (QED) is 0.703. The summed E-state index contributed by atoms with van der Waals surface area (Å²) in [6, 6.07) is 0.217. The van der Waals surface area contributed by atoms with Gasteiger partial charge >= 0.3 is 0 Å². The molecule has 17 heavy (non-hydrogen) atoms. The summed E-state index contributed by atoms with van der Waals surface area (Å²) < 4.78 is 5.44. The SMILES string of the molecule is CCOC1CC(NC(=O)C(C(N)=S)C(C)C)C1. The fourth-order valence-corrected chi connectivity index (χ4v) is 2.49. The second-order valence-corrected chi connectivity index (χ2v) is 5.35. The first-order chi connectivity index (χ1) is 7.95. The molecule has 0 aromatic carbocycles. The van der Waals surface area contributed by atoms with Gasteiger partial charge in [0.15, 0.2) is 0 Å². The highest BCUT2D eigenvalue weighted by molar-refractivity contribution is 7.80. The van der Waals surface area contributed by atoms with Crippen molar-refractivity contribution >= 4 is 23.1 Å². The highest BCUT2D eigenvalue weighted by Crippen LogP contribution is 2.24. The average Bonchev–Trinajstić information content (AvgIpc) is 2.13. The Kier molecular flexibility index (Phi) is 5.33. The van der Waals surface area contributed by atoms with Crippen LogP contribution in [0.1, 0.15) is 33.6 Å². The van der Waals surface area contributed by atoms with E-state index in [-0.39, 0.29) is 28.8 Å². The molecular formula is C12H22N2O2S. The number of amides is 1. The standard InChI is InChI=1S/C12H22N2O2S/c1-4-16-9-5-8(6-9)14-12(15)10(7(2)3)11(13)17/h7-10H,4-6H2,1-3H3,(H2,13,17)(H,14,15). The van der Waals surface area contributed by atoms with Crippen molar-refractivity contribution in [2.24, 2.45) is 17.6 Å². The fourth-order valence-electron chi connectivity index (χ4n) is 2.11. The van der Waals surface area contributed by atoms with Crippen LogP contribution in [0.2, 0.25) is 0 Å². The van der Waals surface area contributed by atoms with E-state index in [0.717, 1.165) is 19.4 Å². The third-order valence-electron chi connectivity index (χ3n) is 3.10. The molecule has 1 atom stereocenters. The number of rotatable bonds is 6. The fraction of sp³-hybridized carbons (Fsp3) is 0.833. The second kappa shape index (κ2) is 6.31. The number of thiocarbonyl (C=S) groups is 1. The molecule has 0 bridgehead atoms. The number of carbonyl (C=O) groups is 1. The van der Waals surface area contributed by atoms with Gasteiger partial charge in [-0.2, -0.15) is 0 Å². The molecule has 1 unspecified atom stereocenters. The molecule has 0 spiro atoms. The normalized spacial score (nSPS) is 25.2. The molecule has 0 aliphatic heterocycles. The van der Waals surface area contributed by atoms with Crippen LogP contribution < -0.4 is 11.1 Å². The Morgan fingerprint density at radius 1 is 1.53 bits per heavy atom. The molecule has 1 saturated carbocycles. The molecule has 1 aliphatic rings. The maximum atomic E-state index is 12.0. The molecule has 1 rings (SSSR count). The predicted octanol–water partition coefficient (Wildman–Crippen LogP) is 1.23. The van der Waals surface area contributed by atoms with Crippen molar-refractivity contribution in [3.05, 3.63) is 0 Å². The summed E-state index contributed by atoms with van der Waals surface area (Å²) in [4.78, 5) is 12.3. The molecule has 0 aromatic rings. The minimum Gasteiger partial charge on any atom is -0.393 e. The van der Waals surface area contributed by atoms with Crippen LogP contribution in [0.5, 0.6) is 0 Å². The second-order valence-electron chi connectivity index (χ2n) is 4.88. The summed E-state index contributed by atoms with van der Waals surface area (Å²) in [6.07, 6.45) is 2.08. The smallest absolute Gasteiger partial charge is 0.230 e. The van der Waals surface area contributed by atoms with Gasteiger partial charge in [-0.3, -0.25) is 4.79 Å². The Morgan fingerprint density at radius 2 is 2.12 bits per heavy atom. The molecule has 5 heteroatoms. The molecule has 0 heterocycles. The van der Waals surface area contributed by atoms with Gasteiger partial charge in [-0.15, -0.1) is 0 Å². The Bertz CT molecular complexity index is 288. The first-order valence-corrected chi connectivity index (χ1v) is 6.57. The Morgan fingerprint density at radius 3 is 2.53 bits per heavy atom. The summed E-state index contributed by atoms with van der Waals surface area (Å²) in [7, 11) is 0. The van der Waals surface area contributed by atoms with E-state index >= 15 is 0 Å². The number of hydrogen-bond acceptors (Lipinski definition) is 3. The summed E-state index contributed by atoms with van der Waals surface area (Å²) >= 11 is 4.93. The highest BCUT2D eigenvalue weighted by Gasteiger charge is 2.33. The summed E-state index contributed by atoms with van der Waals surface area (Å²) in [5, 5.41) is 2.98. The van der Waals surface area contributed by atoms with Crippen molar-refractivity contribution in [1.29, 1.82) is 0 Å². The van der Waals surface area contributed by atoms with Crippen molar-refractivity contribution < 1.29 is 9.53 Å². The van der Waals surface area contributed by atoms with E-state index in [1.54, 1.807) is 0 Å². The van der Waals surface area contributed by atoms with Gasteiger partial charge < -0.3 is 15.8 Å². The number of carbonyl (C=O) groups excluding carboxylic acids is 1. The van der Waals surface area contributed by atoms with Crippen molar-refractivity contribution in [1.82, 2.24) is 5.32 Å². The van der Waals surface area contributed by atoms with Gasteiger partial charge in [-0.25, -0.2) is 0 Å². The lowest BCUT2D eigenvalue weighted by molar-refractivity contribution is -0.126. The zero-order chi connectivity index (χ0) is 13.0. The lowest BCUT2D eigenvalue weighted by atomic mass is 9.87. The third-order valence-corrected chi connectivity index (χ3v) is 3.35. The van der Waals surface area contributed by atoms with Crippen molar-refractivity contribution in [3.63, 3.8) is 0 Å². The summed E-state index contributed by atoms with van der Waals surface area (Å²) in [5.41, 5.74) is 5.59. The molecular weight excluding hydrogens is 236 g/mol. The molecule has 1 fully saturated rings. The number of ether oxygens (including phenoxy) is 1. The van der Waals surface area contributed by atoms with Gasteiger partial charge in [0, 0.05) is 12.6 Å². The Labute approximate surface area is 108 Å². The van der Waals surface area contributed by atoms with E-state index < -0.39 is 0 Å². The average molecular weight is 258 g/mol. The van der Waals surface area contributed by atoms with E-state index in [1.165, 1.54) is 0 Å². The van der Waals surface area contributed by atoms with Gasteiger partial charge in [0.25, 0.3) is 0 Å². The van der Waals surface area contributed by atoms with Crippen molar-refractivity contribution in [2.45, 2.75) is 45.8 Å². The van der Waals surface area contributed by atoms with Crippen LogP contribution in [0.4, 0.5) is 0 Å². The summed E-state index contributed by atoms with van der Waals surface area (Å²) in [5.74, 6) is -0.279. The van der Waals surface area contributed by atoms with Crippen LogP contribution in [-0.4, -0.2) is 29.6 Å². The van der Waals surface area contributed by atoms with Gasteiger partial charge in [0.1, 0.15) is 0 Å². The van der Waals surface area contributed by atoms with Crippen LogP contribution in [0.25, 0.3) is 0 Å². The minimum atomic E-state index is -0.365. The lowest BCUT2D eigenvalue weighted by Gasteiger charge is -2.36. The molecule has 98 valence electrons. The van der Waals surface area contributed by atoms with Crippen LogP contribution >= 0.6 is 12.2 Å². The molecule has 0 aromatic heterocycles.